The molecule has 0 unspecified atom stereocenters. The van der Waals surface area contributed by atoms with E-state index in [0.717, 1.165) is 22.8 Å². The number of aromatic nitrogens is 1. The minimum absolute atomic E-state index is 0.0558. The molecular formula is C15H18N2O. The van der Waals surface area contributed by atoms with E-state index < -0.39 is 0 Å². The van der Waals surface area contributed by atoms with Crippen molar-refractivity contribution in [2.24, 2.45) is 5.73 Å². The van der Waals surface area contributed by atoms with Crippen molar-refractivity contribution in [3.63, 3.8) is 0 Å². The fourth-order valence-electron chi connectivity index (χ4n) is 1.67. The van der Waals surface area contributed by atoms with Crippen LogP contribution in [0.1, 0.15) is 29.8 Å². The van der Waals surface area contributed by atoms with Gasteiger partial charge >= 0.3 is 0 Å². The van der Waals surface area contributed by atoms with E-state index in [1.165, 1.54) is 5.56 Å². The number of hydrogen-bond acceptors (Lipinski definition) is 3. The Hall–Kier alpha value is -1.87. The molecule has 18 heavy (non-hydrogen) atoms. The highest BCUT2D eigenvalue weighted by Crippen LogP contribution is 2.25. The van der Waals surface area contributed by atoms with Gasteiger partial charge in [0.05, 0.1) is 11.9 Å². The van der Waals surface area contributed by atoms with Crippen molar-refractivity contribution in [2.75, 3.05) is 0 Å². The Morgan fingerprint density at radius 2 is 1.94 bits per heavy atom. The predicted molar refractivity (Wildman–Crippen MR) is 72.8 cm³/mol. The molecule has 0 saturated heterocycles. The summed E-state index contributed by atoms with van der Waals surface area (Å²) in [5, 5.41) is 0. The third-order valence-electron chi connectivity index (χ3n) is 2.80. The Labute approximate surface area is 108 Å². The summed E-state index contributed by atoms with van der Waals surface area (Å²) in [7, 11) is 0. The fraction of sp³-hybridized carbons (Fsp3) is 0.267. The van der Waals surface area contributed by atoms with Gasteiger partial charge in [0.2, 0.25) is 0 Å². The number of aryl methyl sites for hydroxylation is 2. The highest BCUT2D eigenvalue weighted by atomic mass is 16.5. The van der Waals surface area contributed by atoms with Crippen LogP contribution >= 0.6 is 0 Å². The summed E-state index contributed by atoms with van der Waals surface area (Å²) in [5.74, 6) is 1.60. The average molecular weight is 242 g/mol. The smallest absolute Gasteiger partial charge is 0.145 e. The van der Waals surface area contributed by atoms with Crippen molar-refractivity contribution in [3.05, 3.63) is 53.3 Å². The maximum atomic E-state index is 5.82. The average Bonchev–Trinajstić information content (AvgIpc) is 2.34. The number of hydrogen-bond donors (Lipinski definition) is 1. The summed E-state index contributed by atoms with van der Waals surface area (Å²) < 4.78 is 5.82. The number of pyridine rings is 1. The molecule has 0 radical (unpaired) electrons. The van der Waals surface area contributed by atoms with Gasteiger partial charge in [-0.3, -0.25) is 4.98 Å². The van der Waals surface area contributed by atoms with Crippen molar-refractivity contribution >= 4 is 0 Å². The van der Waals surface area contributed by atoms with Crippen molar-refractivity contribution in [1.29, 1.82) is 0 Å². The van der Waals surface area contributed by atoms with E-state index in [9.17, 15) is 0 Å². The van der Waals surface area contributed by atoms with Crippen LogP contribution in [0.5, 0.6) is 11.5 Å². The van der Waals surface area contributed by atoms with Gasteiger partial charge in [0.1, 0.15) is 11.5 Å². The topological polar surface area (TPSA) is 48.1 Å². The van der Waals surface area contributed by atoms with E-state index in [0.29, 0.717) is 0 Å². The number of ether oxygens (including phenoxy) is 1. The van der Waals surface area contributed by atoms with Crippen molar-refractivity contribution in [2.45, 2.75) is 26.8 Å². The second kappa shape index (κ2) is 5.19. The minimum Gasteiger partial charge on any atom is -0.455 e. The largest absolute Gasteiger partial charge is 0.455 e. The molecule has 2 aromatic rings. The zero-order valence-corrected chi connectivity index (χ0v) is 11.0. The van der Waals surface area contributed by atoms with Gasteiger partial charge in [0, 0.05) is 6.04 Å². The minimum atomic E-state index is -0.0558. The molecule has 1 heterocycles. The van der Waals surface area contributed by atoms with E-state index in [1.54, 1.807) is 6.20 Å². The molecule has 0 bridgehead atoms. The molecule has 0 amide bonds. The maximum absolute atomic E-state index is 5.82. The van der Waals surface area contributed by atoms with Crippen molar-refractivity contribution in [3.8, 4) is 11.5 Å². The molecule has 2 rings (SSSR count). The first-order chi connectivity index (χ1) is 8.56. The number of rotatable bonds is 3. The Kier molecular flexibility index (Phi) is 3.63. The Morgan fingerprint density at radius 3 is 2.56 bits per heavy atom. The maximum Gasteiger partial charge on any atom is 0.145 e. The second-order valence-electron chi connectivity index (χ2n) is 4.58. The highest BCUT2D eigenvalue weighted by Gasteiger charge is 2.04. The van der Waals surface area contributed by atoms with Gasteiger partial charge in [-0.25, -0.2) is 0 Å². The normalized spacial score (nSPS) is 12.2. The number of benzene rings is 1. The van der Waals surface area contributed by atoms with Crippen LogP contribution in [0.15, 0.2) is 36.5 Å². The molecule has 0 aliphatic carbocycles. The monoisotopic (exact) mass is 242 g/mol. The predicted octanol–water partition coefficient (Wildman–Crippen LogP) is 3.51. The molecule has 3 heteroatoms. The molecule has 2 N–H and O–H groups in total. The lowest BCUT2D eigenvalue weighted by molar-refractivity contribution is 0.475. The molecule has 1 aromatic heterocycles. The van der Waals surface area contributed by atoms with Gasteiger partial charge in [-0.05, 0) is 50.1 Å². The molecular weight excluding hydrogens is 224 g/mol. The van der Waals surface area contributed by atoms with Crippen LogP contribution in [0, 0.1) is 13.8 Å². The van der Waals surface area contributed by atoms with Crippen LogP contribution in [0.25, 0.3) is 0 Å². The first kappa shape index (κ1) is 12.6. The van der Waals surface area contributed by atoms with E-state index in [1.807, 2.05) is 39.0 Å². The van der Waals surface area contributed by atoms with Gasteiger partial charge in [-0.1, -0.05) is 12.1 Å². The van der Waals surface area contributed by atoms with Gasteiger partial charge in [0.15, 0.2) is 0 Å². The molecule has 1 aromatic carbocycles. The Balaban J connectivity index is 2.21. The fourth-order valence-corrected chi connectivity index (χ4v) is 1.67. The first-order valence-electron chi connectivity index (χ1n) is 6.03. The third kappa shape index (κ3) is 2.87. The molecule has 94 valence electrons. The molecule has 0 spiro atoms. The second-order valence-corrected chi connectivity index (χ2v) is 4.58. The van der Waals surface area contributed by atoms with Crippen LogP contribution in [-0.4, -0.2) is 4.98 Å². The molecule has 1 atom stereocenters. The highest BCUT2D eigenvalue weighted by molar-refractivity contribution is 5.39. The van der Waals surface area contributed by atoms with E-state index in [2.05, 4.69) is 17.1 Å². The Morgan fingerprint density at radius 1 is 1.17 bits per heavy atom. The SMILES string of the molecule is Cc1ccc(C)c(Oc2ccc([C@H](C)N)nc2)c1. The zero-order chi connectivity index (χ0) is 13.1. The number of nitrogens with zero attached hydrogens (tertiary/aromatic N) is 1. The van der Waals surface area contributed by atoms with Crippen molar-refractivity contribution in [1.82, 2.24) is 4.98 Å². The third-order valence-corrected chi connectivity index (χ3v) is 2.80. The summed E-state index contributed by atoms with van der Waals surface area (Å²) in [5.41, 5.74) is 8.91. The molecule has 3 nitrogen and oxygen atoms in total. The van der Waals surface area contributed by atoms with Crippen LogP contribution in [-0.2, 0) is 0 Å². The van der Waals surface area contributed by atoms with Crippen LogP contribution in [0.3, 0.4) is 0 Å². The molecule has 0 saturated carbocycles. The summed E-state index contributed by atoms with van der Waals surface area (Å²) in [4.78, 5) is 4.28. The van der Waals surface area contributed by atoms with Gasteiger partial charge < -0.3 is 10.5 Å². The lowest BCUT2D eigenvalue weighted by Gasteiger charge is -2.10. The standard InChI is InChI=1S/C15H18N2O/c1-10-4-5-11(2)15(8-10)18-13-6-7-14(12(3)16)17-9-13/h4-9,12H,16H2,1-3H3/t12-/m0/s1. The zero-order valence-electron chi connectivity index (χ0n) is 11.0. The quantitative estimate of drug-likeness (QED) is 0.896. The van der Waals surface area contributed by atoms with Gasteiger partial charge in [-0.15, -0.1) is 0 Å². The lowest BCUT2D eigenvalue weighted by Crippen LogP contribution is -2.06. The van der Waals surface area contributed by atoms with E-state index >= 15 is 0 Å². The summed E-state index contributed by atoms with van der Waals surface area (Å²) >= 11 is 0. The molecule has 0 fully saturated rings. The summed E-state index contributed by atoms with van der Waals surface area (Å²) in [6.45, 7) is 5.98. The van der Waals surface area contributed by atoms with Crippen LogP contribution in [0.2, 0.25) is 0 Å². The number of nitrogens with two attached hydrogens (primary N) is 1. The first-order valence-corrected chi connectivity index (χ1v) is 6.03. The van der Waals surface area contributed by atoms with E-state index in [4.69, 9.17) is 10.5 Å². The summed E-state index contributed by atoms with van der Waals surface area (Å²) in [6, 6.07) is 9.88. The molecule has 0 aliphatic rings. The van der Waals surface area contributed by atoms with Gasteiger partial charge in [0.25, 0.3) is 0 Å². The van der Waals surface area contributed by atoms with Gasteiger partial charge in [-0.2, -0.15) is 0 Å². The van der Waals surface area contributed by atoms with E-state index in [-0.39, 0.29) is 6.04 Å². The van der Waals surface area contributed by atoms with Crippen molar-refractivity contribution < 1.29 is 4.74 Å². The Bertz CT molecular complexity index is 533. The summed E-state index contributed by atoms with van der Waals surface area (Å²) in [6.07, 6.45) is 1.71. The lowest BCUT2D eigenvalue weighted by atomic mass is 10.1. The van der Waals surface area contributed by atoms with Crippen LogP contribution in [0.4, 0.5) is 0 Å². The van der Waals surface area contributed by atoms with Crippen LogP contribution < -0.4 is 10.5 Å². The molecule has 0 aliphatic heterocycles.